The lowest BCUT2D eigenvalue weighted by molar-refractivity contribution is 0.128. The number of nitrogens with one attached hydrogen (secondary N) is 1. The van der Waals surface area contributed by atoms with Gasteiger partial charge in [0.25, 0.3) is 0 Å². The number of anilines is 1. The van der Waals surface area contributed by atoms with Crippen LogP contribution in [0.4, 0.5) is 5.82 Å². The number of ether oxygens (including phenoxy) is 1. The summed E-state index contributed by atoms with van der Waals surface area (Å²) in [4.78, 5) is 8.34. The van der Waals surface area contributed by atoms with Gasteiger partial charge in [-0.15, -0.1) is 0 Å². The van der Waals surface area contributed by atoms with Crippen molar-refractivity contribution < 1.29 is 9.84 Å². The fourth-order valence-corrected chi connectivity index (χ4v) is 1.52. The maximum Gasteiger partial charge on any atom is 0.158 e. The Bertz CT molecular complexity index is 349. The molecule has 0 amide bonds. The van der Waals surface area contributed by atoms with Gasteiger partial charge < -0.3 is 15.2 Å². The number of hydrogen-bond acceptors (Lipinski definition) is 5. The highest BCUT2D eigenvalue weighted by atomic mass is 35.5. The lowest BCUT2D eigenvalue weighted by atomic mass is 10.2. The number of aliphatic hydroxyl groups excluding tert-OH is 1. The largest absolute Gasteiger partial charge is 0.396 e. The third kappa shape index (κ3) is 5.30. The Hall–Kier alpha value is -0.910. The maximum absolute atomic E-state index is 8.82. The van der Waals surface area contributed by atoms with Gasteiger partial charge >= 0.3 is 0 Å². The molecule has 0 aliphatic carbocycles. The zero-order chi connectivity index (χ0) is 12.7. The highest BCUT2D eigenvalue weighted by molar-refractivity contribution is 6.29. The Labute approximate surface area is 106 Å². The summed E-state index contributed by atoms with van der Waals surface area (Å²) in [5, 5.41) is 12.4. The third-order valence-corrected chi connectivity index (χ3v) is 2.33. The second kappa shape index (κ2) is 7.42. The Balaban J connectivity index is 2.67. The fraction of sp³-hybridized carbons (Fsp3) is 0.636. The quantitative estimate of drug-likeness (QED) is 0.732. The molecule has 0 fully saturated rings. The van der Waals surface area contributed by atoms with Gasteiger partial charge in [-0.2, -0.15) is 0 Å². The van der Waals surface area contributed by atoms with E-state index >= 15 is 0 Å². The molecule has 0 saturated heterocycles. The van der Waals surface area contributed by atoms with E-state index in [1.165, 1.54) is 0 Å². The van der Waals surface area contributed by atoms with Gasteiger partial charge in [-0.05, 0) is 20.3 Å². The Kier molecular flexibility index (Phi) is 6.18. The van der Waals surface area contributed by atoms with Crippen LogP contribution in [0.5, 0.6) is 0 Å². The fourth-order valence-electron chi connectivity index (χ4n) is 1.31. The van der Waals surface area contributed by atoms with Crippen LogP contribution in [0.15, 0.2) is 6.07 Å². The van der Waals surface area contributed by atoms with Crippen molar-refractivity contribution >= 4 is 17.4 Å². The minimum absolute atomic E-state index is 0.130. The van der Waals surface area contributed by atoms with Gasteiger partial charge in [-0.3, -0.25) is 0 Å². The van der Waals surface area contributed by atoms with E-state index in [9.17, 15) is 0 Å². The van der Waals surface area contributed by atoms with Crippen molar-refractivity contribution in [3.63, 3.8) is 0 Å². The Morgan fingerprint density at radius 2 is 2.29 bits per heavy atom. The SMILES string of the molecule is CCOCc1nc(Cl)cc(NC(C)CCO)n1. The zero-order valence-electron chi connectivity index (χ0n) is 10.1. The predicted molar refractivity (Wildman–Crippen MR) is 67.2 cm³/mol. The molecule has 0 aliphatic rings. The van der Waals surface area contributed by atoms with Crippen LogP contribution in [0, 0.1) is 0 Å². The summed E-state index contributed by atoms with van der Waals surface area (Å²) < 4.78 is 5.23. The van der Waals surface area contributed by atoms with Crippen LogP contribution in [0.25, 0.3) is 0 Å². The van der Waals surface area contributed by atoms with E-state index in [1.807, 2.05) is 13.8 Å². The summed E-state index contributed by atoms with van der Waals surface area (Å²) in [6, 6.07) is 1.79. The van der Waals surface area contributed by atoms with Crippen LogP contribution in [0.3, 0.4) is 0 Å². The highest BCUT2D eigenvalue weighted by Crippen LogP contribution is 2.13. The number of aliphatic hydroxyl groups is 1. The number of hydrogen-bond donors (Lipinski definition) is 2. The van der Waals surface area contributed by atoms with Crippen LogP contribution >= 0.6 is 11.6 Å². The standard InChI is InChI=1S/C11H18ClN3O2/c1-3-17-7-11-14-9(12)6-10(15-11)13-8(2)4-5-16/h6,8,16H,3-5,7H2,1-2H3,(H,13,14,15). The molecular weight excluding hydrogens is 242 g/mol. The third-order valence-electron chi connectivity index (χ3n) is 2.13. The zero-order valence-corrected chi connectivity index (χ0v) is 10.9. The van der Waals surface area contributed by atoms with Crippen LogP contribution in [-0.4, -0.2) is 34.3 Å². The molecule has 0 saturated carbocycles. The number of rotatable bonds is 7. The van der Waals surface area contributed by atoms with Crippen LogP contribution in [-0.2, 0) is 11.3 Å². The summed E-state index contributed by atoms with van der Waals surface area (Å²) in [7, 11) is 0. The predicted octanol–water partition coefficient (Wildman–Crippen LogP) is 1.85. The second-order valence-corrected chi connectivity index (χ2v) is 4.07. The van der Waals surface area contributed by atoms with Gasteiger partial charge in [0.05, 0.1) is 0 Å². The molecule has 17 heavy (non-hydrogen) atoms. The van der Waals surface area contributed by atoms with E-state index in [0.717, 1.165) is 0 Å². The molecule has 2 N–H and O–H groups in total. The molecule has 6 heteroatoms. The molecule has 1 heterocycles. The molecule has 1 unspecified atom stereocenters. The van der Waals surface area contributed by atoms with E-state index in [2.05, 4.69) is 15.3 Å². The number of nitrogens with zero attached hydrogens (tertiary/aromatic N) is 2. The van der Waals surface area contributed by atoms with Gasteiger partial charge in [-0.1, -0.05) is 11.6 Å². The molecule has 0 spiro atoms. The van der Waals surface area contributed by atoms with Gasteiger partial charge in [0, 0.05) is 25.3 Å². The average Bonchev–Trinajstić information content (AvgIpc) is 2.25. The molecule has 0 radical (unpaired) electrons. The first-order valence-corrected chi connectivity index (χ1v) is 6.02. The maximum atomic E-state index is 8.82. The Morgan fingerprint density at radius 3 is 2.94 bits per heavy atom. The first-order valence-electron chi connectivity index (χ1n) is 5.64. The van der Waals surface area contributed by atoms with Crippen LogP contribution in [0.2, 0.25) is 5.15 Å². The van der Waals surface area contributed by atoms with Crippen LogP contribution in [0.1, 0.15) is 26.1 Å². The van der Waals surface area contributed by atoms with E-state index in [-0.39, 0.29) is 12.6 Å². The van der Waals surface area contributed by atoms with Crippen molar-refractivity contribution in [3.05, 3.63) is 17.0 Å². The van der Waals surface area contributed by atoms with Crippen molar-refractivity contribution in [2.75, 3.05) is 18.5 Å². The second-order valence-electron chi connectivity index (χ2n) is 3.69. The lowest BCUT2D eigenvalue weighted by Crippen LogP contribution is -2.18. The van der Waals surface area contributed by atoms with Gasteiger partial charge in [0.1, 0.15) is 17.6 Å². The summed E-state index contributed by atoms with van der Waals surface area (Å²) in [5.74, 6) is 1.21. The molecule has 1 atom stereocenters. The van der Waals surface area contributed by atoms with E-state index in [1.54, 1.807) is 6.07 Å². The summed E-state index contributed by atoms with van der Waals surface area (Å²) in [5.41, 5.74) is 0. The van der Waals surface area contributed by atoms with E-state index < -0.39 is 0 Å². The van der Waals surface area contributed by atoms with Crippen molar-refractivity contribution in [2.24, 2.45) is 0 Å². The molecule has 0 aliphatic heterocycles. The molecular formula is C11H18ClN3O2. The van der Waals surface area contributed by atoms with E-state index in [0.29, 0.717) is 36.4 Å². The molecule has 0 aromatic carbocycles. The highest BCUT2D eigenvalue weighted by Gasteiger charge is 2.06. The van der Waals surface area contributed by atoms with Gasteiger partial charge in [-0.25, -0.2) is 9.97 Å². The summed E-state index contributed by atoms with van der Waals surface area (Å²) in [6.07, 6.45) is 0.655. The smallest absolute Gasteiger partial charge is 0.158 e. The molecule has 5 nitrogen and oxygen atoms in total. The minimum atomic E-state index is 0.130. The van der Waals surface area contributed by atoms with Crippen LogP contribution < -0.4 is 5.32 Å². The first-order chi connectivity index (χ1) is 8.15. The topological polar surface area (TPSA) is 67.3 Å². The number of aromatic nitrogens is 2. The monoisotopic (exact) mass is 259 g/mol. The van der Waals surface area contributed by atoms with Crippen molar-refractivity contribution in [3.8, 4) is 0 Å². The van der Waals surface area contributed by atoms with Crippen molar-refractivity contribution in [2.45, 2.75) is 32.9 Å². The van der Waals surface area contributed by atoms with Gasteiger partial charge in [0.2, 0.25) is 0 Å². The molecule has 96 valence electrons. The summed E-state index contributed by atoms with van der Waals surface area (Å²) >= 11 is 5.89. The first kappa shape index (κ1) is 14.2. The lowest BCUT2D eigenvalue weighted by Gasteiger charge is -2.13. The van der Waals surface area contributed by atoms with Crippen molar-refractivity contribution in [1.29, 1.82) is 0 Å². The normalized spacial score (nSPS) is 12.5. The average molecular weight is 260 g/mol. The molecule has 1 aromatic rings. The Morgan fingerprint density at radius 1 is 1.53 bits per heavy atom. The summed E-state index contributed by atoms with van der Waals surface area (Å²) in [6.45, 7) is 4.97. The van der Waals surface area contributed by atoms with Gasteiger partial charge in [0.15, 0.2) is 5.82 Å². The molecule has 1 rings (SSSR count). The molecule has 1 aromatic heterocycles. The minimum Gasteiger partial charge on any atom is -0.396 e. The van der Waals surface area contributed by atoms with E-state index in [4.69, 9.17) is 21.4 Å². The number of halogens is 1. The molecule has 0 bridgehead atoms. The van der Waals surface area contributed by atoms with Crippen molar-refractivity contribution in [1.82, 2.24) is 9.97 Å².